The maximum absolute atomic E-state index is 13.7. The van der Waals surface area contributed by atoms with Crippen LogP contribution in [0.5, 0.6) is 5.75 Å². The van der Waals surface area contributed by atoms with Crippen molar-refractivity contribution in [3.63, 3.8) is 0 Å². The van der Waals surface area contributed by atoms with Crippen LogP contribution in [0.2, 0.25) is 0 Å². The van der Waals surface area contributed by atoms with Gasteiger partial charge in [0.15, 0.2) is 0 Å². The number of carbonyl (C=O) groups is 2. The Balaban J connectivity index is 1.93. The Morgan fingerprint density at radius 2 is 1.71 bits per heavy atom. The number of sulfonamides is 1. The normalized spacial score (nSPS) is 22.0. The van der Waals surface area contributed by atoms with Gasteiger partial charge in [0.2, 0.25) is 0 Å². The molecule has 2 aliphatic heterocycles. The third-order valence-electron chi connectivity index (χ3n) is 5.73. The Labute approximate surface area is 180 Å². The zero-order valence-electron chi connectivity index (χ0n) is 17.2. The zero-order valence-corrected chi connectivity index (χ0v) is 18.0. The number of nitrogens with zero attached hydrogens (tertiary/aromatic N) is 2. The first-order valence-electron chi connectivity index (χ1n) is 9.56. The van der Waals surface area contributed by atoms with Crippen LogP contribution in [0.15, 0.2) is 53.4 Å². The first kappa shape index (κ1) is 21.0. The summed E-state index contributed by atoms with van der Waals surface area (Å²) in [4.78, 5) is 26.4. The van der Waals surface area contributed by atoms with E-state index in [4.69, 9.17) is 14.2 Å². The lowest BCUT2D eigenvalue weighted by molar-refractivity contribution is -0.145. The Kier molecular flexibility index (Phi) is 5.26. The van der Waals surface area contributed by atoms with Gasteiger partial charge in [-0.1, -0.05) is 18.2 Å². The van der Waals surface area contributed by atoms with Gasteiger partial charge in [-0.15, -0.1) is 0 Å². The maximum Gasteiger partial charge on any atom is 0.411 e. The van der Waals surface area contributed by atoms with Crippen LogP contribution in [0.1, 0.15) is 17.9 Å². The molecule has 0 radical (unpaired) electrons. The fraction of sp³-hybridized carbons (Fsp3) is 0.333. The highest BCUT2D eigenvalue weighted by molar-refractivity contribution is 7.92. The number of benzene rings is 2. The van der Waals surface area contributed by atoms with Crippen LogP contribution in [-0.4, -0.2) is 58.9 Å². The van der Waals surface area contributed by atoms with Crippen molar-refractivity contribution < 1.29 is 32.2 Å². The lowest BCUT2D eigenvalue weighted by Gasteiger charge is -2.34. The highest BCUT2D eigenvalue weighted by Crippen LogP contribution is 2.53. The summed E-state index contributed by atoms with van der Waals surface area (Å²) in [7, 11) is -0.143. The van der Waals surface area contributed by atoms with E-state index >= 15 is 0 Å². The minimum atomic E-state index is -4.07. The van der Waals surface area contributed by atoms with Gasteiger partial charge < -0.3 is 14.2 Å². The molecular formula is C21H22N2O7S. The van der Waals surface area contributed by atoms with Crippen LogP contribution < -0.4 is 9.04 Å². The van der Waals surface area contributed by atoms with Crippen molar-refractivity contribution in [2.24, 2.45) is 0 Å². The molecule has 0 aliphatic carbocycles. The summed E-state index contributed by atoms with van der Waals surface area (Å²) in [5, 5.41) is 0. The van der Waals surface area contributed by atoms with Gasteiger partial charge in [0, 0.05) is 5.92 Å². The maximum atomic E-state index is 13.7. The number of methoxy groups -OCH3 is 3. The van der Waals surface area contributed by atoms with Crippen LogP contribution >= 0.6 is 0 Å². The Morgan fingerprint density at radius 1 is 1.00 bits per heavy atom. The monoisotopic (exact) mass is 446 g/mol. The second-order valence-corrected chi connectivity index (χ2v) is 9.03. The molecule has 2 aromatic rings. The fourth-order valence-corrected chi connectivity index (χ4v) is 6.07. The van der Waals surface area contributed by atoms with Gasteiger partial charge in [-0.3, -0.25) is 4.90 Å². The molecule has 31 heavy (non-hydrogen) atoms. The van der Waals surface area contributed by atoms with E-state index < -0.39 is 40.2 Å². The molecule has 10 heteroatoms. The number of esters is 1. The molecule has 0 aromatic heterocycles. The number of fused-ring (bicyclic) bond motifs is 3. The summed E-state index contributed by atoms with van der Waals surface area (Å²) in [5.41, 5.74) is 1.10. The smallest absolute Gasteiger partial charge is 0.411 e. The average Bonchev–Trinajstić information content (AvgIpc) is 3.33. The number of carbonyl (C=O) groups excluding carboxylic acids is 2. The summed E-state index contributed by atoms with van der Waals surface area (Å²) in [6.07, 6.45) is -1.60. The Bertz CT molecular complexity index is 1120. The molecule has 1 amide bonds. The van der Waals surface area contributed by atoms with Crippen molar-refractivity contribution in [1.29, 1.82) is 0 Å². The van der Waals surface area contributed by atoms with Crippen molar-refractivity contribution in [2.45, 2.75) is 29.4 Å². The van der Waals surface area contributed by atoms with Gasteiger partial charge in [-0.2, -0.15) is 0 Å². The molecule has 0 N–H and O–H groups in total. The first-order valence-corrected chi connectivity index (χ1v) is 11.0. The van der Waals surface area contributed by atoms with Crippen molar-refractivity contribution in [1.82, 2.24) is 4.90 Å². The summed E-state index contributed by atoms with van der Waals surface area (Å²) < 4.78 is 43.7. The van der Waals surface area contributed by atoms with Crippen LogP contribution in [0.3, 0.4) is 0 Å². The molecule has 2 aromatic carbocycles. The summed E-state index contributed by atoms with van der Waals surface area (Å²) in [5.74, 6) is -0.560. The van der Waals surface area contributed by atoms with Crippen molar-refractivity contribution in [3.05, 3.63) is 54.1 Å². The van der Waals surface area contributed by atoms with Crippen LogP contribution in [-0.2, 0) is 24.3 Å². The summed E-state index contributed by atoms with van der Waals surface area (Å²) >= 11 is 0. The lowest BCUT2D eigenvalue weighted by Crippen LogP contribution is -2.53. The second-order valence-electron chi connectivity index (χ2n) is 7.21. The second kappa shape index (κ2) is 7.77. The number of anilines is 1. The molecule has 0 unspecified atom stereocenters. The van der Waals surface area contributed by atoms with Crippen molar-refractivity contribution in [2.75, 3.05) is 25.6 Å². The number of ether oxygens (including phenoxy) is 3. The average molecular weight is 446 g/mol. The van der Waals surface area contributed by atoms with Crippen LogP contribution in [0, 0.1) is 0 Å². The summed E-state index contributed by atoms with van der Waals surface area (Å²) in [6, 6.07) is 12.0. The van der Waals surface area contributed by atoms with E-state index in [1.165, 1.54) is 37.8 Å². The third-order valence-corrected chi connectivity index (χ3v) is 7.53. The number of amides is 1. The van der Waals surface area contributed by atoms with Gasteiger partial charge in [-0.05, 0) is 42.3 Å². The lowest BCUT2D eigenvalue weighted by atomic mass is 9.96. The molecule has 0 spiro atoms. The van der Waals surface area contributed by atoms with E-state index in [0.717, 1.165) is 4.90 Å². The first-order chi connectivity index (χ1) is 14.8. The quantitative estimate of drug-likeness (QED) is 0.664. The van der Waals surface area contributed by atoms with Gasteiger partial charge in [0.1, 0.15) is 18.0 Å². The summed E-state index contributed by atoms with van der Waals surface area (Å²) in [6.45, 7) is 0. The van der Waals surface area contributed by atoms with E-state index in [-0.39, 0.29) is 11.3 Å². The minimum absolute atomic E-state index is 0.0729. The molecule has 9 nitrogen and oxygen atoms in total. The fourth-order valence-electron chi connectivity index (χ4n) is 4.38. The highest BCUT2D eigenvalue weighted by atomic mass is 32.2. The molecule has 3 atom stereocenters. The molecule has 4 rings (SSSR count). The Hall–Kier alpha value is -3.27. The van der Waals surface area contributed by atoms with E-state index in [1.807, 2.05) is 0 Å². The van der Waals surface area contributed by atoms with E-state index in [0.29, 0.717) is 17.0 Å². The van der Waals surface area contributed by atoms with Crippen molar-refractivity contribution >= 4 is 27.8 Å². The molecule has 0 saturated carbocycles. The standard InChI is InChI=1S/C21H22N2O7S/c1-28-13-9-10-17-15(11-13)16-12-18(20(24)29-2)22(21(25)30-3)19(16)23(17)31(26,27)14-7-5-4-6-8-14/h4-11,16,18-19H,12H2,1-3H3/t16-,18+,19+/m0/s1. The molecule has 2 aliphatic rings. The molecule has 0 bridgehead atoms. The number of rotatable bonds is 4. The van der Waals surface area contributed by atoms with Gasteiger partial charge >= 0.3 is 12.1 Å². The molecular weight excluding hydrogens is 424 g/mol. The highest BCUT2D eigenvalue weighted by Gasteiger charge is 2.58. The van der Waals surface area contributed by atoms with Crippen LogP contribution in [0.25, 0.3) is 0 Å². The predicted molar refractivity (Wildman–Crippen MR) is 110 cm³/mol. The van der Waals surface area contributed by atoms with E-state index in [2.05, 4.69) is 0 Å². The topological polar surface area (TPSA) is 102 Å². The van der Waals surface area contributed by atoms with E-state index in [1.54, 1.807) is 36.4 Å². The molecule has 1 fully saturated rings. The zero-order chi connectivity index (χ0) is 22.3. The molecule has 1 saturated heterocycles. The Morgan fingerprint density at radius 3 is 2.32 bits per heavy atom. The molecule has 2 heterocycles. The number of hydrogen-bond donors (Lipinski definition) is 0. The third kappa shape index (κ3) is 3.18. The van der Waals surface area contributed by atoms with Gasteiger partial charge in [0.05, 0.1) is 31.9 Å². The minimum Gasteiger partial charge on any atom is -0.497 e. The number of likely N-dealkylation sites (tertiary alicyclic amines) is 1. The molecule has 164 valence electrons. The van der Waals surface area contributed by atoms with Gasteiger partial charge in [-0.25, -0.2) is 22.3 Å². The largest absolute Gasteiger partial charge is 0.497 e. The van der Waals surface area contributed by atoms with E-state index in [9.17, 15) is 18.0 Å². The van der Waals surface area contributed by atoms with Crippen LogP contribution in [0.4, 0.5) is 10.5 Å². The predicted octanol–water partition coefficient (Wildman–Crippen LogP) is 2.33. The van der Waals surface area contributed by atoms with Gasteiger partial charge in [0.25, 0.3) is 10.0 Å². The SMILES string of the molecule is COC(=O)[C@H]1C[C@H]2c3cc(OC)ccc3N(S(=O)(=O)c3ccccc3)[C@H]2N1C(=O)OC. The van der Waals surface area contributed by atoms with Crippen molar-refractivity contribution in [3.8, 4) is 5.75 Å². The number of hydrogen-bond acceptors (Lipinski definition) is 7.